The maximum atomic E-state index is 12.5. The van der Waals surface area contributed by atoms with Crippen molar-refractivity contribution in [1.29, 1.82) is 0 Å². The third kappa shape index (κ3) is 4.62. The third-order valence-corrected chi connectivity index (χ3v) is 5.97. The number of ether oxygens (including phenoxy) is 2. The highest BCUT2D eigenvalue weighted by Crippen LogP contribution is 2.26. The van der Waals surface area contributed by atoms with Crippen molar-refractivity contribution >= 4 is 22.2 Å². The molecule has 0 saturated carbocycles. The van der Waals surface area contributed by atoms with Gasteiger partial charge in [0.15, 0.2) is 6.61 Å². The molecule has 0 aliphatic heterocycles. The second-order valence-corrected chi connectivity index (χ2v) is 8.14. The zero-order chi connectivity index (χ0) is 22.7. The van der Waals surface area contributed by atoms with Crippen molar-refractivity contribution in [1.82, 2.24) is 19.9 Å². The number of aryl methyl sites for hydroxylation is 1. The third-order valence-electron chi connectivity index (χ3n) is 5.02. The lowest BCUT2D eigenvalue weighted by Gasteiger charge is -2.10. The molecule has 0 bridgehead atoms. The van der Waals surface area contributed by atoms with Crippen molar-refractivity contribution in [2.24, 2.45) is 0 Å². The average molecular weight is 451 g/mol. The molecule has 2 aromatic heterocycles. The second kappa shape index (κ2) is 9.19. The van der Waals surface area contributed by atoms with Crippen molar-refractivity contribution in [3.8, 4) is 22.1 Å². The van der Waals surface area contributed by atoms with E-state index in [0.717, 1.165) is 22.4 Å². The van der Waals surface area contributed by atoms with Gasteiger partial charge in [-0.2, -0.15) is 9.61 Å². The van der Waals surface area contributed by atoms with Crippen LogP contribution in [0.15, 0.2) is 53.3 Å². The van der Waals surface area contributed by atoms with Crippen molar-refractivity contribution in [2.45, 2.75) is 20.4 Å². The standard InChI is InChI=1S/C23H22N4O4S/c1-14-5-4-6-19(15(14)2)31-13-20(28)24-12-17-11-21(29)27-23(25-17)32-22(26-27)16-7-9-18(30-3)10-8-16/h4-11H,12-13H2,1-3H3,(H,24,28). The van der Waals surface area contributed by atoms with Gasteiger partial charge < -0.3 is 14.8 Å². The fourth-order valence-electron chi connectivity index (χ4n) is 3.06. The Balaban J connectivity index is 1.43. The molecule has 0 radical (unpaired) electrons. The molecular formula is C23H22N4O4S. The first-order valence-corrected chi connectivity index (χ1v) is 10.8. The first kappa shape index (κ1) is 21.5. The molecule has 8 nitrogen and oxygen atoms in total. The zero-order valence-electron chi connectivity index (χ0n) is 17.9. The van der Waals surface area contributed by atoms with Gasteiger partial charge in [0.25, 0.3) is 11.5 Å². The zero-order valence-corrected chi connectivity index (χ0v) is 18.7. The molecule has 4 aromatic rings. The van der Waals surface area contributed by atoms with Gasteiger partial charge in [-0.1, -0.05) is 23.5 Å². The number of amides is 1. The number of carbonyl (C=O) groups excluding carboxylic acids is 1. The van der Waals surface area contributed by atoms with E-state index in [4.69, 9.17) is 9.47 Å². The van der Waals surface area contributed by atoms with Crippen molar-refractivity contribution in [3.05, 3.63) is 75.7 Å². The van der Waals surface area contributed by atoms with E-state index in [1.807, 2.05) is 56.3 Å². The van der Waals surface area contributed by atoms with Gasteiger partial charge in [-0.05, 0) is 55.3 Å². The van der Waals surface area contributed by atoms with Crippen molar-refractivity contribution in [2.75, 3.05) is 13.7 Å². The molecule has 0 aliphatic carbocycles. The fraction of sp³-hybridized carbons (Fsp3) is 0.217. The monoisotopic (exact) mass is 450 g/mol. The normalized spacial score (nSPS) is 10.8. The molecular weight excluding hydrogens is 428 g/mol. The lowest BCUT2D eigenvalue weighted by Crippen LogP contribution is -2.29. The summed E-state index contributed by atoms with van der Waals surface area (Å²) in [7, 11) is 1.60. The maximum absolute atomic E-state index is 12.5. The van der Waals surface area contributed by atoms with Crippen LogP contribution in [0.3, 0.4) is 0 Å². The Bertz CT molecular complexity index is 1330. The second-order valence-electron chi connectivity index (χ2n) is 7.18. The number of aromatic nitrogens is 3. The van der Waals surface area contributed by atoms with Gasteiger partial charge in [0.2, 0.25) is 4.96 Å². The number of nitrogens with one attached hydrogen (secondary N) is 1. The molecule has 2 aromatic carbocycles. The summed E-state index contributed by atoms with van der Waals surface area (Å²) in [5.74, 6) is 1.12. The van der Waals surface area contributed by atoms with Crippen LogP contribution in [0.25, 0.3) is 15.5 Å². The smallest absolute Gasteiger partial charge is 0.275 e. The summed E-state index contributed by atoms with van der Waals surface area (Å²) in [6.07, 6.45) is 0. The lowest BCUT2D eigenvalue weighted by molar-refractivity contribution is -0.123. The minimum Gasteiger partial charge on any atom is -0.497 e. The van der Waals surface area contributed by atoms with Crippen LogP contribution in [0.4, 0.5) is 0 Å². The molecule has 1 amide bonds. The summed E-state index contributed by atoms with van der Waals surface area (Å²) in [4.78, 5) is 29.6. The highest BCUT2D eigenvalue weighted by molar-refractivity contribution is 7.19. The SMILES string of the molecule is COc1ccc(-c2nn3c(=O)cc(CNC(=O)COc4cccc(C)c4C)nc3s2)cc1. The number of methoxy groups -OCH3 is 1. The highest BCUT2D eigenvalue weighted by atomic mass is 32.1. The molecule has 9 heteroatoms. The number of benzene rings is 2. The lowest BCUT2D eigenvalue weighted by atomic mass is 10.1. The number of carbonyl (C=O) groups is 1. The molecule has 0 fully saturated rings. The molecule has 0 atom stereocenters. The van der Waals surface area contributed by atoms with E-state index in [0.29, 0.717) is 21.4 Å². The predicted octanol–water partition coefficient (Wildman–Crippen LogP) is 3.14. The summed E-state index contributed by atoms with van der Waals surface area (Å²) in [5.41, 5.74) is 3.11. The Labute approximate surface area is 188 Å². The summed E-state index contributed by atoms with van der Waals surface area (Å²) in [6, 6.07) is 14.5. The Morgan fingerprint density at radius 1 is 1.16 bits per heavy atom. The van der Waals surface area contributed by atoms with Gasteiger partial charge >= 0.3 is 0 Å². The number of hydrogen-bond acceptors (Lipinski definition) is 7. The fourth-order valence-corrected chi connectivity index (χ4v) is 3.99. The molecule has 4 rings (SSSR count). The number of fused-ring (bicyclic) bond motifs is 1. The van der Waals surface area contributed by atoms with Gasteiger partial charge in [0.05, 0.1) is 19.3 Å². The van der Waals surface area contributed by atoms with Gasteiger partial charge in [-0.3, -0.25) is 9.59 Å². The van der Waals surface area contributed by atoms with E-state index in [1.165, 1.54) is 21.9 Å². The Kier molecular flexibility index (Phi) is 6.18. The first-order chi connectivity index (χ1) is 15.4. The minimum atomic E-state index is -0.304. The quantitative estimate of drug-likeness (QED) is 0.465. The summed E-state index contributed by atoms with van der Waals surface area (Å²) < 4.78 is 12.0. The van der Waals surface area contributed by atoms with E-state index < -0.39 is 0 Å². The van der Waals surface area contributed by atoms with Crippen molar-refractivity contribution in [3.63, 3.8) is 0 Å². The molecule has 0 saturated heterocycles. The van der Waals surface area contributed by atoms with Crippen LogP contribution in [0.1, 0.15) is 16.8 Å². The molecule has 1 N–H and O–H groups in total. The van der Waals surface area contributed by atoms with E-state index in [9.17, 15) is 9.59 Å². The topological polar surface area (TPSA) is 94.8 Å². The Morgan fingerprint density at radius 2 is 1.94 bits per heavy atom. The largest absolute Gasteiger partial charge is 0.497 e. The van der Waals surface area contributed by atoms with Crippen LogP contribution in [0.5, 0.6) is 11.5 Å². The number of nitrogens with zero attached hydrogens (tertiary/aromatic N) is 3. The number of hydrogen-bond donors (Lipinski definition) is 1. The molecule has 0 unspecified atom stereocenters. The molecule has 2 heterocycles. The van der Waals surface area contributed by atoms with Crippen LogP contribution in [0.2, 0.25) is 0 Å². The maximum Gasteiger partial charge on any atom is 0.275 e. The highest BCUT2D eigenvalue weighted by Gasteiger charge is 2.12. The summed E-state index contributed by atoms with van der Waals surface area (Å²) in [5, 5.41) is 7.77. The first-order valence-electron chi connectivity index (χ1n) is 9.94. The van der Waals surface area contributed by atoms with Gasteiger partial charge in [0.1, 0.15) is 16.5 Å². The number of rotatable bonds is 7. The Morgan fingerprint density at radius 3 is 2.69 bits per heavy atom. The predicted molar refractivity (Wildman–Crippen MR) is 122 cm³/mol. The van der Waals surface area contributed by atoms with Gasteiger partial charge in [0, 0.05) is 11.6 Å². The van der Waals surface area contributed by atoms with Gasteiger partial charge in [-0.15, -0.1) is 0 Å². The van der Waals surface area contributed by atoms with Crippen LogP contribution >= 0.6 is 11.3 Å². The average Bonchev–Trinajstić information content (AvgIpc) is 3.23. The van der Waals surface area contributed by atoms with E-state index in [1.54, 1.807) is 7.11 Å². The van der Waals surface area contributed by atoms with E-state index in [2.05, 4.69) is 15.4 Å². The van der Waals surface area contributed by atoms with Crippen LogP contribution < -0.4 is 20.3 Å². The van der Waals surface area contributed by atoms with Crippen molar-refractivity contribution < 1.29 is 14.3 Å². The molecule has 0 spiro atoms. The van der Waals surface area contributed by atoms with Gasteiger partial charge in [-0.25, -0.2) is 4.98 Å². The summed E-state index contributed by atoms with van der Waals surface area (Å²) in [6.45, 7) is 3.94. The Hall–Kier alpha value is -3.72. The minimum absolute atomic E-state index is 0.117. The molecule has 164 valence electrons. The summed E-state index contributed by atoms with van der Waals surface area (Å²) >= 11 is 1.30. The van der Waals surface area contributed by atoms with Crippen LogP contribution in [-0.4, -0.2) is 34.2 Å². The van der Waals surface area contributed by atoms with Crippen LogP contribution in [0, 0.1) is 13.8 Å². The molecule has 0 aliphatic rings. The van der Waals surface area contributed by atoms with E-state index >= 15 is 0 Å². The van der Waals surface area contributed by atoms with Crippen LogP contribution in [-0.2, 0) is 11.3 Å². The van der Waals surface area contributed by atoms with E-state index in [-0.39, 0.29) is 24.6 Å². The molecule has 32 heavy (non-hydrogen) atoms.